The second-order valence-corrected chi connectivity index (χ2v) is 4.86. The Labute approximate surface area is 95.3 Å². The number of aliphatic hydroxyl groups is 1. The van der Waals surface area contributed by atoms with Gasteiger partial charge in [-0.1, -0.05) is 25.6 Å². The quantitative estimate of drug-likeness (QED) is 0.476. The van der Waals surface area contributed by atoms with Crippen LogP contribution in [0, 0.1) is 6.92 Å². The highest BCUT2D eigenvalue weighted by Crippen LogP contribution is 2.18. The largest absolute Gasteiger partial charge is 0.396 e. The lowest BCUT2D eigenvalue weighted by molar-refractivity contribution is 0.296. The third-order valence-corrected chi connectivity index (χ3v) is 2.91. The molecule has 84 valence electrons. The molecule has 0 aliphatic heterocycles. The van der Waals surface area contributed by atoms with Crippen LogP contribution in [0.3, 0.4) is 0 Å². The van der Waals surface area contributed by atoms with E-state index in [4.69, 9.17) is 5.11 Å². The molecule has 0 aliphatic carbocycles. The first-order valence-electron chi connectivity index (χ1n) is 5.22. The molecule has 0 bridgehead atoms. The monoisotopic (exact) mass is 226 g/mol. The Morgan fingerprint density at radius 1 is 1.40 bits per heavy atom. The molecule has 0 fully saturated rings. The molecule has 1 aromatic heterocycles. The second-order valence-electron chi connectivity index (χ2n) is 3.80. The number of hydrogen-bond donors (Lipinski definition) is 1. The molecule has 1 aromatic rings. The van der Waals surface area contributed by atoms with Crippen molar-refractivity contribution in [1.82, 2.24) is 9.97 Å². The fraction of sp³-hybridized carbons (Fsp3) is 0.636. The van der Waals surface area contributed by atoms with Crippen molar-refractivity contribution < 1.29 is 5.11 Å². The van der Waals surface area contributed by atoms with Gasteiger partial charge < -0.3 is 5.11 Å². The van der Waals surface area contributed by atoms with Gasteiger partial charge in [-0.15, -0.1) is 0 Å². The molecular weight excluding hydrogens is 208 g/mol. The molecule has 0 spiro atoms. The lowest BCUT2D eigenvalue weighted by Crippen LogP contribution is -1.99. The summed E-state index contributed by atoms with van der Waals surface area (Å²) in [6, 6.07) is 2.03. The molecule has 0 saturated heterocycles. The van der Waals surface area contributed by atoms with Crippen molar-refractivity contribution in [3.63, 3.8) is 0 Å². The Morgan fingerprint density at radius 3 is 2.73 bits per heavy atom. The van der Waals surface area contributed by atoms with Gasteiger partial charge in [0.05, 0.1) is 0 Å². The first-order chi connectivity index (χ1) is 7.13. The van der Waals surface area contributed by atoms with E-state index in [2.05, 4.69) is 23.8 Å². The molecule has 0 atom stereocenters. The normalized spacial score (nSPS) is 11.0. The number of rotatable bonds is 5. The van der Waals surface area contributed by atoms with Crippen molar-refractivity contribution in [2.24, 2.45) is 0 Å². The van der Waals surface area contributed by atoms with E-state index >= 15 is 0 Å². The molecule has 3 nitrogen and oxygen atoms in total. The van der Waals surface area contributed by atoms with E-state index in [-0.39, 0.29) is 6.61 Å². The Balaban J connectivity index is 2.71. The van der Waals surface area contributed by atoms with Crippen molar-refractivity contribution in [3.05, 3.63) is 17.5 Å². The molecule has 4 heteroatoms. The van der Waals surface area contributed by atoms with Crippen LogP contribution in [0.25, 0.3) is 0 Å². The average Bonchev–Trinajstić information content (AvgIpc) is 2.17. The standard InChI is InChI=1S/C11H18N2OS/c1-8(2)10-7-9(3)12-11(13-10)15-6-4-5-14/h7-8,14H,4-6H2,1-3H3. The van der Waals surface area contributed by atoms with Gasteiger partial charge in [0, 0.05) is 23.7 Å². The highest BCUT2D eigenvalue weighted by Gasteiger charge is 2.05. The minimum atomic E-state index is 0.232. The Bertz CT molecular complexity index is 315. The molecule has 1 N–H and O–H groups in total. The van der Waals surface area contributed by atoms with Gasteiger partial charge in [-0.05, 0) is 25.3 Å². The van der Waals surface area contributed by atoms with Crippen molar-refractivity contribution >= 4 is 11.8 Å². The van der Waals surface area contributed by atoms with E-state index in [1.54, 1.807) is 11.8 Å². The zero-order valence-electron chi connectivity index (χ0n) is 9.53. The summed E-state index contributed by atoms with van der Waals surface area (Å²) in [7, 11) is 0. The number of aryl methyl sites for hydroxylation is 1. The van der Waals surface area contributed by atoms with Crippen LogP contribution >= 0.6 is 11.8 Å². The summed E-state index contributed by atoms with van der Waals surface area (Å²) in [5.74, 6) is 1.31. The summed E-state index contributed by atoms with van der Waals surface area (Å²) < 4.78 is 0. The highest BCUT2D eigenvalue weighted by molar-refractivity contribution is 7.99. The Morgan fingerprint density at radius 2 is 2.13 bits per heavy atom. The summed E-state index contributed by atoms with van der Waals surface area (Å²) in [5.41, 5.74) is 2.11. The number of hydrogen-bond acceptors (Lipinski definition) is 4. The van der Waals surface area contributed by atoms with Gasteiger partial charge >= 0.3 is 0 Å². The number of thioether (sulfide) groups is 1. The van der Waals surface area contributed by atoms with Gasteiger partial charge in [-0.3, -0.25) is 0 Å². The van der Waals surface area contributed by atoms with Gasteiger partial charge in [0.2, 0.25) is 0 Å². The summed E-state index contributed by atoms with van der Waals surface area (Å²) in [4.78, 5) is 8.83. The number of aromatic nitrogens is 2. The molecule has 0 radical (unpaired) electrons. The van der Waals surface area contributed by atoms with E-state index in [0.29, 0.717) is 5.92 Å². The predicted octanol–water partition coefficient (Wildman–Crippen LogP) is 2.38. The molecule has 0 amide bonds. The second kappa shape index (κ2) is 6.08. The topological polar surface area (TPSA) is 46.0 Å². The van der Waals surface area contributed by atoms with Crippen molar-refractivity contribution in [1.29, 1.82) is 0 Å². The number of aliphatic hydroxyl groups excluding tert-OH is 1. The first-order valence-corrected chi connectivity index (χ1v) is 6.21. The van der Waals surface area contributed by atoms with Crippen molar-refractivity contribution in [2.45, 2.75) is 38.3 Å². The van der Waals surface area contributed by atoms with Crippen LogP contribution in [0.1, 0.15) is 37.6 Å². The third-order valence-electron chi connectivity index (χ3n) is 1.98. The molecule has 1 heterocycles. The van der Waals surface area contributed by atoms with Crippen molar-refractivity contribution in [2.75, 3.05) is 12.4 Å². The first kappa shape index (κ1) is 12.5. The van der Waals surface area contributed by atoms with E-state index in [1.807, 2.05) is 13.0 Å². The predicted molar refractivity (Wildman–Crippen MR) is 63.3 cm³/mol. The van der Waals surface area contributed by atoms with E-state index < -0.39 is 0 Å². The van der Waals surface area contributed by atoms with E-state index in [1.165, 1.54) is 0 Å². The van der Waals surface area contributed by atoms with Gasteiger partial charge in [0.15, 0.2) is 5.16 Å². The third kappa shape index (κ3) is 4.18. The highest BCUT2D eigenvalue weighted by atomic mass is 32.2. The van der Waals surface area contributed by atoms with E-state index in [9.17, 15) is 0 Å². The fourth-order valence-corrected chi connectivity index (χ4v) is 1.99. The zero-order chi connectivity index (χ0) is 11.3. The molecule has 0 unspecified atom stereocenters. The molecule has 1 rings (SSSR count). The molecular formula is C11H18N2OS. The summed E-state index contributed by atoms with van der Waals surface area (Å²) in [6.45, 7) is 6.48. The lowest BCUT2D eigenvalue weighted by atomic mass is 10.1. The van der Waals surface area contributed by atoms with Crippen LogP contribution in [-0.4, -0.2) is 27.4 Å². The van der Waals surface area contributed by atoms with Crippen LogP contribution in [0.15, 0.2) is 11.2 Å². The molecule has 0 aromatic carbocycles. The molecule has 0 saturated carbocycles. The summed E-state index contributed by atoms with van der Waals surface area (Å²) >= 11 is 1.61. The lowest BCUT2D eigenvalue weighted by Gasteiger charge is -2.07. The molecule has 0 aliphatic rings. The van der Waals surface area contributed by atoms with Gasteiger partial charge in [0.1, 0.15) is 0 Å². The van der Waals surface area contributed by atoms with Gasteiger partial charge in [-0.2, -0.15) is 0 Å². The average molecular weight is 226 g/mol. The van der Waals surface area contributed by atoms with Crippen LogP contribution in [0.5, 0.6) is 0 Å². The van der Waals surface area contributed by atoms with E-state index in [0.717, 1.165) is 28.7 Å². The smallest absolute Gasteiger partial charge is 0.187 e. The van der Waals surface area contributed by atoms with Crippen LogP contribution in [0.4, 0.5) is 0 Å². The maximum atomic E-state index is 8.69. The maximum Gasteiger partial charge on any atom is 0.187 e. The van der Waals surface area contributed by atoms with Gasteiger partial charge in [0.25, 0.3) is 0 Å². The van der Waals surface area contributed by atoms with Crippen LogP contribution < -0.4 is 0 Å². The molecule has 15 heavy (non-hydrogen) atoms. The Hall–Kier alpha value is -0.610. The number of nitrogens with zero attached hydrogens (tertiary/aromatic N) is 2. The minimum Gasteiger partial charge on any atom is -0.396 e. The van der Waals surface area contributed by atoms with Crippen LogP contribution in [-0.2, 0) is 0 Å². The zero-order valence-corrected chi connectivity index (χ0v) is 10.3. The summed E-state index contributed by atoms with van der Waals surface area (Å²) in [6.07, 6.45) is 0.791. The fourth-order valence-electron chi connectivity index (χ4n) is 1.15. The van der Waals surface area contributed by atoms with Crippen molar-refractivity contribution in [3.8, 4) is 0 Å². The van der Waals surface area contributed by atoms with Crippen LogP contribution in [0.2, 0.25) is 0 Å². The SMILES string of the molecule is Cc1cc(C(C)C)nc(SCCCO)n1. The van der Waals surface area contributed by atoms with Gasteiger partial charge in [-0.25, -0.2) is 9.97 Å². The Kier molecular flexibility index (Phi) is 5.05. The summed E-state index contributed by atoms with van der Waals surface area (Å²) in [5, 5.41) is 9.51. The minimum absolute atomic E-state index is 0.232. The maximum absolute atomic E-state index is 8.69.